The van der Waals surface area contributed by atoms with E-state index in [1.807, 2.05) is 6.92 Å². The smallest absolute Gasteiger partial charge is 0.317 e. The van der Waals surface area contributed by atoms with Crippen molar-refractivity contribution >= 4 is 17.1 Å². The van der Waals surface area contributed by atoms with Gasteiger partial charge in [-0.05, 0) is 6.42 Å². The van der Waals surface area contributed by atoms with Crippen molar-refractivity contribution in [1.82, 2.24) is 19.5 Å². The minimum Gasteiger partial charge on any atom is -0.317 e. The maximum absolute atomic E-state index is 11.5. The van der Waals surface area contributed by atoms with Gasteiger partial charge in [-0.3, -0.25) is 19.8 Å². The van der Waals surface area contributed by atoms with Gasteiger partial charge in [0.2, 0.25) is 5.95 Å². The van der Waals surface area contributed by atoms with Crippen molar-refractivity contribution < 1.29 is 0 Å². The lowest BCUT2D eigenvalue weighted by Gasteiger charge is -2.02. The fraction of sp³-hybridized carbons (Fsp3) is 0.375. The van der Waals surface area contributed by atoms with Gasteiger partial charge >= 0.3 is 5.69 Å². The molecular weight excluding hydrogens is 212 g/mol. The average Bonchev–Trinajstić information content (AvgIpc) is 2.68. The lowest BCUT2D eigenvalue weighted by Crippen LogP contribution is -2.30. The van der Waals surface area contributed by atoms with Crippen molar-refractivity contribution in [1.29, 1.82) is 0 Å². The zero-order valence-corrected chi connectivity index (χ0v) is 8.70. The quantitative estimate of drug-likeness (QED) is 0.398. The number of rotatable bonds is 3. The van der Waals surface area contributed by atoms with Gasteiger partial charge < -0.3 is 4.98 Å². The predicted molar refractivity (Wildman–Crippen MR) is 59.1 cm³/mol. The van der Waals surface area contributed by atoms with E-state index >= 15 is 0 Å². The van der Waals surface area contributed by atoms with E-state index in [4.69, 9.17) is 5.84 Å². The molecule has 2 rings (SSSR count). The molecule has 0 radical (unpaired) electrons. The Bertz CT molecular complexity index is 621. The van der Waals surface area contributed by atoms with Gasteiger partial charge in [-0.25, -0.2) is 10.6 Å². The summed E-state index contributed by atoms with van der Waals surface area (Å²) in [5, 5.41) is 0. The van der Waals surface area contributed by atoms with Crippen molar-refractivity contribution in [3.63, 3.8) is 0 Å². The maximum Gasteiger partial charge on any atom is 0.330 e. The number of hydrazine groups is 1. The third kappa shape index (κ3) is 1.48. The van der Waals surface area contributed by atoms with Crippen molar-refractivity contribution in [3.05, 3.63) is 20.8 Å². The molecular formula is C8H12N6O2. The van der Waals surface area contributed by atoms with E-state index in [9.17, 15) is 9.59 Å². The van der Waals surface area contributed by atoms with E-state index in [0.29, 0.717) is 12.2 Å². The SMILES string of the molecule is CCCn1c(=O)[nH]c(=O)c2[nH]c(NN)nc21. The summed E-state index contributed by atoms with van der Waals surface area (Å²) in [6.45, 7) is 2.42. The van der Waals surface area contributed by atoms with E-state index in [1.54, 1.807) is 0 Å². The van der Waals surface area contributed by atoms with Gasteiger partial charge in [0.1, 0.15) is 0 Å². The normalized spacial score (nSPS) is 10.9. The van der Waals surface area contributed by atoms with Gasteiger partial charge in [-0.15, -0.1) is 0 Å². The number of hydrogen-bond acceptors (Lipinski definition) is 5. The Morgan fingerprint density at radius 3 is 2.81 bits per heavy atom. The van der Waals surface area contributed by atoms with Gasteiger partial charge in [0.15, 0.2) is 11.2 Å². The molecule has 2 aromatic heterocycles. The van der Waals surface area contributed by atoms with Crippen LogP contribution in [0.1, 0.15) is 13.3 Å². The Morgan fingerprint density at radius 1 is 1.44 bits per heavy atom. The van der Waals surface area contributed by atoms with E-state index in [0.717, 1.165) is 6.42 Å². The number of nitrogens with two attached hydrogens (primary N) is 1. The lowest BCUT2D eigenvalue weighted by atomic mass is 10.4. The molecule has 0 aromatic carbocycles. The Morgan fingerprint density at radius 2 is 2.19 bits per heavy atom. The first-order chi connectivity index (χ1) is 7.67. The highest BCUT2D eigenvalue weighted by Crippen LogP contribution is 2.07. The molecule has 8 nitrogen and oxygen atoms in total. The van der Waals surface area contributed by atoms with Crippen molar-refractivity contribution in [2.45, 2.75) is 19.9 Å². The number of imidazole rings is 1. The molecule has 2 heterocycles. The second-order valence-electron chi connectivity index (χ2n) is 3.34. The van der Waals surface area contributed by atoms with E-state index in [-0.39, 0.29) is 11.5 Å². The van der Waals surface area contributed by atoms with Gasteiger partial charge in [0, 0.05) is 6.54 Å². The summed E-state index contributed by atoms with van der Waals surface area (Å²) in [5.74, 6) is 5.43. The molecule has 5 N–H and O–H groups in total. The summed E-state index contributed by atoms with van der Waals surface area (Å²) in [6.07, 6.45) is 0.763. The van der Waals surface area contributed by atoms with Crippen molar-refractivity contribution in [3.8, 4) is 0 Å². The van der Waals surface area contributed by atoms with Crippen LogP contribution in [0.3, 0.4) is 0 Å². The molecule has 0 fully saturated rings. The maximum atomic E-state index is 11.5. The molecule has 0 saturated heterocycles. The molecule has 8 heteroatoms. The monoisotopic (exact) mass is 224 g/mol. The first-order valence-corrected chi connectivity index (χ1v) is 4.86. The first-order valence-electron chi connectivity index (χ1n) is 4.86. The number of aromatic nitrogens is 4. The molecule has 86 valence electrons. The molecule has 16 heavy (non-hydrogen) atoms. The molecule has 0 atom stereocenters. The van der Waals surface area contributed by atoms with Crippen LogP contribution in [-0.2, 0) is 6.54 Å². The second kappa shape index (κ2) is 3.81. The minimum absolute atomic E-state index is 0.237. The van der Waals surface area contributed by atoms with Crippen LogP contribution in [0.2, 0.25) is 0 Å². The molecule has 2 aromatic rings. The standard InChI is InChI=1S/C8H12N6O2/c1-2-3-14-5-4(6(15)12-8(14)16)10-7(11-5)13-9/h2-3,9H2,1H3,(H2,10,11,13)(H,12,15,16). The second-order valence-corrected chi connectivity index (χ2v) is 3.34. The van der Waals surface area contributed by atoms with Crippen LogP contribution >= 0.6 is 0 Å². The number of aromatic amines is 2. The number of nitrogens with one attached hydrogen (secondary N) is 3. The molecule has 0 aliphatic carbocycles. The van der Waals surface area contributed by atoms with Gasteiger partial charge in [-0.1, -0.05) is 6.92 Å². The molecule has 0 amide bonds. The zero-order valence-electron chi connectivity index (χ0n) is 8.70. The summed E-state index contributed by atoms with van der Waals surface area (Å²) in [6, 6.07) is 0. The highest BCUT2D eigenvalue weighted by Gasteiger charge is 2.11. The van der Waals surface area contributed by atoms with Crippen LogP contribution in [0.15, 0.2) is 9.59 Å². The van der Waals surface area contributed by atoms with Crippen LogP contribution < -0.4 is 22.5 Å². The molecule has 0 bridgehead atoms. The van der Waals surface area contributed by atoms with Gasteiger partial charge in [0.25, 0.3) is 5.56 Å². The summed E-state index contributed by atoms with van der Waals surface area (Å²) < 4.78 is 1.40. The largest absolute Gasteiger partial charge is 0.330 e. The number of nitrogen functional groups attached to an aromatic ring is 1. The van der Waals surface area contributed by atoms with Gasteiger partial charge in [-0.2, -0.15) is 4.98 Å². The number of fused-ring (bicyclic) bond motifs is 1. The molecule has 0 spiro atoms. The summed E-state index contributed by atoms with van der Waals surface area (Å²) in [4.78, 5) is 31.9. The van der Waals surface area contributed by atoms with Crippen LogP contribution in [-0.4, -0.2) is 19.5 Å². The first kappa shape index (κ1) is 10.4. The summed E-state index contributed by atoms with van der Waals surface area (Å²) in [5.41, 5.74) is 1.88. The Hall–Kier alpha value is -2.09. The molecule has 0 saturated carbocycles. The highest BCUT2D eigenvalue weighted by atomic mass is 16.2. The fourth-order valence-corrected chi connectivity index (χ4v) is 1.54. The van der Waals surface area contributed by atoms with Crippen molar-refractivity contribution in [2.24, 2.45) is 5.84 Å². The molecule has 0 aliphatic rings. The lowest BCUT2D eigenvalue weighted by molar-refractivity contribution is 0.653. The van der Waals surface area contributed by atoms with Crippen LogP contribution in [0.5, 0.6) is 0 Å². The van der Waals surface area contributed by atoms with Crippen LogP contribution in [0.25, 0.3) is 11.2 Å². The van der Waals surface area contributed by atoms with Crippen molar-refractivity contribution in [2.75, 3.05) is 5.43 Å². The summed E-state index contributed by atoms with van der Waals surface area (Å²) in [7, 11) is 0. The predicted octanol–water partition coefficient (Wildman–Crippen LogP) is -0.891. The minimum atomic E-state index is -0.499. The topological polar surface area (TPSA) is 122 Å². The Balaban J connectivity index is 2.82. The number of aryl methyl sites for hydroxylation is 1. The van der Waals surface area contributed by atoms with E-state index in [2.05, 4.69) is 20.4 Å². The average molecular weight is 224 g/mol. The van der Waals surface area contributed by atoms with E-state index in [1.165, 1.54) is 4.57 Å². The number of anilines is 1. The van der Waals surface area contributed by atoms with E-state index < -0.39 is 11.2 Å². The third-order valence-corrected chi connectivity index (χ3v) is 2.22. The summed E-state index contributed by atoms with van der Waals surface area (Å²) >= 11 is 0. The molecule has 0 unspecified atom stereocenters. The fourth-order valence-electron chi connectivity index (χ4n) is 1.54. The van der Waals surface area contributed by atoms with Gasteiger partial charge in [0.05, 0.1) is 0 Å². The number of H-pyrrole nitrogens is 2. The molecule has 0 aliphatic heterocycles. The van der Waals surface area contributed by atoms with Crippen LogP contribution in [0, 0.1) is 0 Å². The Labute approximate surface area is 89.5 Å². The van der Waals surface area contributed by atoms with Crippen LogP contribution in [0.4, 0.5) is 5.95 Å². The number of nitrogens with zero attached hydrogens (tertiary/aromatic N) is 2. The third-order valence-electron chi connectivity index (χ3n) is 2.22. The Kier molecular flexibility index (Phi) is 2.49. The highest BCUT2D eigenvalue weighted by molar-refractivity contribution is 5.72. The number of hydrogen-bond donors (Lipinski definition) is 4. The zero-order chi connectivity index (χ0) is 11.7.